The summed E-state index contributed by atoms with van der Waals surface area (Å²) in [5, 5.41) is 3.29. The number of nitrogens with one attached hydrogen (secondary N) is 2. The van der Waals surface area contributed by atoms with Crippen molar-refractivity contribution in [2.75, 3.05) is 18.5 Å². The van der Waals surface area contributed by atoms with Gasteiger partial charge in [-0.05, 0) is 31.9 Å². The standard InChI is InChI=1S/C16H21N3O2/c1-2-21-14(20)16(9-5-6-10-16)11-17-15-18-12-7-3-4-8-13(12)19-15/h3-4,7-8H,2,5-6,9-11H2,1H3,(H2,17,18,19). The van der Waals surface area contributed by atoms with Crippen LogP contribution in [-0.4, -0.2) is 29.1 Å². The van der Waals surface area contributed by atoms with Gasteiger partial charge in [-0.25, -0.2) is 4.98 Å². The van der Waals surface area contributed by atoms with Gasteiger partial charge in [-0.15, -0.1) is 0 Å². The number of aromatic nitrogens is 2. The Morgan fingerprint density at radius 3 is 2.86 bits per heavy atom. The molecule has 0 saturated heterocycles. The van der Waals surface area contributed by atoms with Crippen molar-refractivity contribution >= 4 is 23.0 Å². The van der Waals surface area contributed by atoms with Crippen molar-refractivity contribution in [2.24, 2.45) is 5.41 Å². The molecule has 0 aliphatic heterocycles. The second-order valence-corrected chi connectivity index (χ2v) is 5.66. The number of ether oxygens (including phenoxy) is 1. The van der Waals surface area contributed by atoms with Crippen molar-refractivity contribution in [3.05, 3.63) is 24.3 Å². The number of carbonyl (C=O) groups is 1. The largest absolute Gasteiger partial charge is 0.466 e. The Morgan fingerprint density at radius 1 is 1.38 bits per heavy atom. The molecule has 2 aromatic rings. The van der Waals surface area contributed by atoms with Gasteiger partial charge in [0, 0.05) is 6.54 Å². The number of hydrogen-bond donors (Lipinski definition) is 2. The highest BCUT2D eigenvalue weighted by atomic mass is 16.5. The van der Waals surface area contributed by atoms with Crippen LogP contribution in [-0.2, 0) is 9.53 Å². The Kier molecular flexibility index (Phi) is 3.82. The second kappa shape index (κ2) is 5.76. The summed E-state index contributed by atoms with van der Waals surface area (Å²) in [6.07, 6.45) is 3.94. The van der Waals surface area contributed by atoms with Crippen LogP contribution in [0.3, 0.4) is 0 Å². The number of aromatic amines is 1. The van der Waals surface area contributed by atoms with E-state index in [1.807, 2.05) is 31.2 Å². The maximum absolute atomic E-state index is 12.3. The predicted octanol–water partition coefficient (Wildman–Crippen LogP) is 3.10. The summed E-state index contributed by atoms with van der Waals surface area (Å²) in [4.78, 5) is 20.0. The maximum Gasteiger partial charge on any atom is 0.313 e. The van der Waals surface area contributed by atoms with Gasteiger partial charge in [-0.3, -0.25) is 4.79 Å². The number of hydrogen-bond acceptors (Lipinski definition) is 4. The molecule has 112 valence electrons. The van der Waals surface area contributed by atoms with Crippen LogP contribution in [0.25, 0.3) is 11.0 Å². The number of benzene rings is 1. The average Bonchev–Trinajstić information content (AvgIpc) is 3.12. The number of carbonyl (C=O) groups excluding carboxylic acids is 1. The summed E-state index contributed by atoms with van der Waals surface area (Å²) in [6, 6.07) is 7.89. The molecule has 1 saturated carbocycles. The molecule has 21 heavy (non-hydrogen) atoms. The molecule has 1 aromatic carbocycles. The third-order valence-corrected chi connectivity index (χ3v) is 4.25. The number of imidazole rings is 1. The highest BCUT2D eigenvalue weighted by molar-refractivity contribution is 5.79. The quantitative estimate of drug-likeness (QED) is 0.829. The summed E-state index contributed by atoms with van der Waals surface area (Å²) in [7, 11) is 0. The third kappa shape index (κ3) is 2.73. The molecule has 1 aliphatic carbocycles. The predicted molar refractivity (Wildman–Crippen MR) is 82.1 cm³/mol. The fourth-order valence-electron chi connectivity index (χ4n) is 3.08. The number of anilines is 1. The van der Waals surface area contributed by atoms with E-state index in [1.165, 1.54) is 0 Å². The van der Waals surface area contributed by atoms with Gasteiger partial charge in [0.1, 0.15) is 0 Å². The number of para-hydroxylation sites is 2. The molecule has 1 fully saturated rings. The van der Waals surface area contributed by atoms with E-state index >= 15 is 0 Å². The van der Waals surface area contributed by atoms with Crippen molar-refractivity contribution in [3.63, 3.8) is 0 Å². The molecule has 3 rings (SSSR count). The normalized spacial score (nSPS) is 17.0. The molecular formula is C16H21N3O2. The smallest absolute Gasteiger partial charge is 0.313 e. The molecule has 0 bridgehead atoms. The first-order chi connectivity index (χ1) is 10.2. The van der Waals surface area contributed by atoms with Crippen molar-refractivity contribution in [1.29, 1.82) is 0 Å². The third-order valence-electron chi connectivity index (χ3n) is 4.25. The van der Waals surface area contributed by atoms with Crippen LogP contribution in [0.4, 0.5) is 5.95 Å². The number of nitrogens with zero attached hydrogens (tertiary/aromatic N) is 1. The van der Waals surface area contributed by atoms with Crippen molar-refractivity contribution in [2.45, 2.75) is 32.6 Å². The Balaban J connectivity index is 1.73. The zero-order valence-corrected chi connectivity index (χ0v) is 12.3. The topological polar surface area (TPSA) is 67.0 Å². The number of esters is 1. The number of fused-ring (bicyclic) bond motifs is 1. The maximum atomic E-state index is 12.3. The van der Waals surface area contributed by atoms with E-state index in [2.05, 4.69) is 15.3 Å². The van der Waals surface area contributed by atoms with Crippen LogP contribution in [0.1, 0.15) is 32.6 Å². The molecule has 5 heteroatoms. The molecular weight excluding hydrogens is 266 g/mol. The summed E-state index contributed by atoms with van der Waals surface area (Å²) < 4.78 is 5.27. The Morgan fingerprint density at radius 2 is 2.14 bits per heavy atom. The first-order valence-electron chi connectivity index (χ1n) is 7.59. The molecule has 2 N–H and O–H groups in total. The highest BCUT2D eigenvalue weighted by Gasteiger charge is 2.42. The molecule has 1 heterocycles. The van der Waals surface area contributed by atoms with Crippen LogP contribution in [0.2, 0.25) is 0 Å². The average molecular weight is 287 g/mol. The van der Waals surface area contributed by atoms with Gasteiger partial charge in [0.2, 0.25) is 5.95 Å². The molecule has 1 aromatic heterocycles. The molecule has 0 amide bonds. The second-order valence-electron chi connectivity index (χ2n) is 5.66. The fraction of sp³-hybridized carbons (Fsp3) is 0.500. The Labute approximate surface area is 124 Å². The van der Waals surface area contributed by atoms with Gasteiger partial charge < -0.3 is 15.0 Å². The zero-order chi connectivity index (χ0) is 14.7. The summed E-state index contributed by atoms with van der Waals surface area (Å²) in [6.45, 7) is 2.87. The van der Waals surface area contributed by atoms with E-state index in [1.54, 1.807) is 0 Å². The molecule has 5 nitrogen and oxygen atoms in total. The van der Waals surface area contributed by atoms with Crippen LogP contribution in [0.15, 0.2) is 24.3 Å². The molecule has 0 unspecified atom stereocenters. The Bertz CT molecular complexity index is 596. The van der Waals surface area contributed by atoms with E-state index < -0.39 is 5.41 Å². The Hall–Kier alpha value is -2.04. The van der Waals surface area contributed by atoms with Gasteiger partial charge in [0.05, 0.1) is 23.1 Å². The molecule has 0 spiro atoms. The summed E-state index contributed by atoms with van der Waals surface area (Å²) in [5.41, 5.74) is 1.53. The summed E-state index contributed by atoms with van der Waals surface area (Å²) >= 11 is 0. The van der Waals surface area contributed by atoms with Gasteiger partial charge in [-0.1, -0.05) is 25.0 Å². The lowest BCUT2D eigenvalue weighted by Gasteiger charge is -2.26. The van der Waals surface area contributed by atoms with Crippen LogP contribution in [0, 0.1) is 5.41 Å². The first kappa shape index (κ1) is 13.9. The van der Waals surface area contributed by atoms with Crippen molar-refractivity contribution in [1.82, 2.24) is 9.97 Å². The van der Waals surface area contributed by atoms with Gasteiger partial charge in [-0.2, -0.15) is 0 Å². The SMILES string of the molecule is CCOC(=O)C1(CNc2nc3ccccc3[nH]2)CCCC1. The first-order valence-corrected chi connectivity index (χ1v) is 7.59. The summed E-state index contributed by atoms with van der Waals surface area (Å²) in [5.74, 6) is 0.637. The van der Waals surface area contributed by atoms with E-state index in [4.69, 9.17) is 4.74 Å². The number of rotatable bonds is 5. The highest BCUT2D eigenvalue weighted by Crippen LogP contribution is 2.39. The molecule has 1 aliphatic rings. The minimum absolute atomic E-state index is 0.0777. The number of H-pyrrole nitrogens is 1. The zero-order valence-electron chi connectivity index (χ0n) is 12.3. The van der Waals surface area contributed by atoms with Crippen molar-refractivity contribution < 1.29 is 9.53 Å². The minimum atomic E-state index is -0.394. The molecule has 0 radical (unpaired) electrons. The minimum Gasteiger partial charge on any atom is -0.466 e. The van der Waals surface area contributed by atoms with Gasteiger partial charge in [0.25, 0.3) is 0 Å². The van der Waals surface area contributed by atoms with E-state index in [0.29, 0.717) is 19.1 Å². The van der Waals surface area contributed by atoms with Crippen LogP contribution < -0.4 is 5.32 Å². The van der Waals surface area contributed by atoms with Crippen LogP contribution in [0.5, 0.6) is 0 Å². The lowest BCUT2D eigenvalue weighted by Crippen LogP contribution is -2.37. The molecule has 0 atom stereocenters. The fourth-order valence-corrected chi connectivity index (χ4v) is 3.08. The van der Waals surface area contributed by atoms with E-state index in [-0.39, 0.29) is 5.97 Å². The lowest BCUT2D eigenvalue weighted by molar-refractivity contribution is -0.154. The van der Waals surface area contributed by atoms with Crippen LogP contribution >= 0.6 is 0 Å². The van der Waals surface area contributed by atoms with Gasteiger partial charge in [0.15, 0.2) is 0 Å². The van der Waals surface area contributed by atoms with Gasteiger partial charge >= 0.3 is 5.97 Å². The van der Waals surface area contributed by atoms with Crippen molar-refractivity contribution in [3.8, 4) is 0 Å². The van der Waals surface area contributed by atoms with E-state index in [0.717, 1.165) is 36.7 Å². The monoisotopic (exact) mass is 287 g/mol. The lowest BCUT2D eigenvalue weighted by atomic mass is 9.86. The van der Waals surface area contributed by atoms with E-state index in [9.17, 15) is 4.79 Å².